The maximum Gasteiger partial charge on any atom is 0.326 e. The van der Waals surface area contributed by atoms with Crippen molar-refractivity contribution < 1.29 is 39.0 Å². The topological polar surface area (TPSA) is 231 Å². The summed E-state index contributed by atoms with van der Waals surface area (Å²) in [6.07, 6.45) is 0.497. The van der Waals surface area contributed by atoms with Gasteiger partial charge in [0.25, 0.3) is 0 Å². The fourth-order valence-electron chi connectivity index (χ4n) is 2.23. The second-order valence-corrected chi connectivity index (χ2v) is 7.15. The minimum Gasteiger partial charge on any atom is -0.481 e. The van der Waals surface area contributed by atoms with E-state index < -0.39 is 60.1 Å². The number of carboxylic acids is 2. The zero-order chi connectivity index (χ0) is 23.3. The predicted molar refractivity (Wildman–Crippen MR) is 106 cm³/mol. The summed E-state index contributed by atoms with van der Waals surface area (Å²) in [5.41, 5.74) is 10.2. The van der Waals surface area contributed by atoms with E-state index in [0.717, 1.165) is 0 Å². The standard InChI is InChI=1S/C16H27N5O8S/c1-30-5-4-8(19-12(23)7-17)14(26)21-10(6-13(24)25)15(27)20-9(16(28)29)2-3-11(18)22/h8-10H,2-7,17H2,1H3,(H2,18,22)(H,19,23)(H,20,27)(H,21,26)(H,24,25)(H,28,29). The number of hydrogen-bond donors (Lipinski definition) is 7. The average molecular weight is 449 g/mol. The molecule has 170 valence electrons. The Kier molecular flexibility index (Phi) is 12.8. The number of primary amides is 1. The van der Waals surface area contributed by atoms with Crippen LogP contribution in [-0.2, 0) is 28.8 Å². The molecule has 0 heterocycles. The molecule has 0 rings (SSSR count). The molecule has 9 N–H and O–H groups in total. The number of carbonyl (C=O) groups excluding carboxylic acids is 4. The van der Waals surface area contributed by atoms with Crippen LogP contribution in [0.4, 0.5) is 0 Å². The summed E-state index contributed by atoms with van der Waals surface area (Å²) in [5.74, 6) is -5.70. The van der Waals surface area contributed by atoms with E-state index in [1.807, 2.05) is 0 Å². The summed E-state index contributed by atoms with van der Waals surface area (Å²) in [5, 5.41) is 24.9. The third-order valence-corrected chi connectivity index (χ3v) is 4.40. The van der Waals surface area contributed by atoms with Crippen LogP contribution in [0.3, 0.4) is 0 Å². The van der Waals surface area contributed by atoms with Gasteiger partial charge in [0.2, 0.25) is 23.6 Å². The fourth-order valence-corrected chi connectivity index (χ4v) is 2.70. The van der Waals surface area contributed by atoms with Gasteiger partial charge in [-0.05, 0) is 24.9 Å². The lowest BCUT2D eigenvalue weighted by molar-refractivity contribution is -0.143. The van der Waals surface area contributed by atoms with Gasteiger partial charge in [0.05, 0.1) is 13.0 Å². The van der Waals surface area contributed by atoms with Crippen molar-refractivity contribution in [1.82, 2.24) is 16.0 Å². The van der Waals surface area contributed by atoms with Gasteiger partial charge in [-0.15, -0.1) is 0 Å². The lowest BCUT2D eigenvalue weighted by Gasteiger charge is -2.23. The normalized spacial score (nSPS) is 13.4. The first kappa shape index (κ1) is 27.1. The molecule has 3 unspecified atom stereocenters. The van der Waals surface area contributed by atoms with E-state index in [9.17, 15) is 28.8 Å². The molecule has 0 spiro atoms. The molecule has 4 amide bonds. The van der Waals surface area contributed by atoms with Crippen LogP contribution in [0, 0.1) is 0 Å². The number of rotatable bonds is 15. The Morgan fingerprint density at radius 1 is 0.900 bits per heavy atom. The predicted octanol–water partition coefficient (Wildman–Crippen LogP) is -3.02. The Balaban J connectivity index is 5.33. The van der Waals surface area contributed by atoms with E-state index in [1.165, 1.54) is 11.8 Å². The second-order valence-electron chi connectivity index (χ2n) is 6.17. The molecule has 30 heavy (non-hydrogen) atoms. The SMILES string of the molecule is CSCCC(NC(=O)CN)C(=O)NC(CC(=O)O)C(=O)NC(CCC(N)=O)C(=O)O. The molecule has 0 saturated heterocycles. The fraction of sp³-hybridized carbons (Fsp3) is 0.625. The number of nitrogens with one attached hydrogen (secondary N) is 3. The van der Waals surface area contributed by atoms with E-state index in [2.05, 4.69) is 16.0 Å². The zero-order valence-electron chi connectivity index (χ0n) is 16.4. The zero-order valence-corrected chi connectivity index (χ0v) is 17.2. The molecule has 3 atom stereocenters. The van der Waals surface area contributed by atoms with Gasteiger partial charge in [-0.25, -0.2) is 4.79 Å². The summed E-state index contributed by atoms with van der Waals surface area (Å²) in [4.78, 5) is 69.7. The lowest BCUT2D eigenvalue weighted by Crippen LogP contribution is -2.56. The van der Waals surface area contributed by atoms with E-state index in [1.54, 1.807) is 6.26 Å². The van der Waals surface area contributed by atoms with Gasteiger partial charge in [-0.3, -0.25) is 24.0 Å². The van der Waals surface area contributed by atoms with Gasteiger partial charge < -0.3 is 37.6 Å². The quantitative estimate of drug-likeness (QED) is 0.134. The van der Waals surface area contributed by atoms with Crippen LogP contribution < -0.4 is 27.4 Å². The number of amides is 4. The largest absolute Gasteiger partial charge is 0.481 e. The van der Waals surface area contributed by atoms with Crippen molar-refractivity contribution in [1.29, 1.82) is 0 Å². The van der Waals surface area contributed by atoms with E-state index in [-0.39, 0.29) is 25.8 Å². The van der Waals surface area contributed by atoms with Crippen LogP contribution in [-0.4, -0.2) is 82.5 Å². The minimum absolute atomic E-state index is 0.191. The van der Waals surface area contributed by atoms with Gasteiger partial charge in [0.1, 0.15) is 18.1 Å². The highest BCUT2D eigenvalue weighted by Crippen LogP contribution is 2.04. The Morgan fingerprint density at radius 2 is 1.47 bits per heavy atom. The Labute approximate surface area is 176 Å². The van der Waals surface area contributed by atoms with Crippen molar-refractivity contribution >= 4 is 47.3 Å². The summed E-state index contributed by atoms with van der Waals surface area (Å²) < 4.78 is 0. The average Bonchev–Trinajstić information content (AvgIpc) is 2.66. The molecule has 0 aromatic carbocycles. The molecule has 0 aliphatic rings. The molecule has 0 bridgehead atoms. The van der Waals surface area contributed by atoms with Gasteiger partial charge in [-0.1, -0.05) is 0 Å². The summed E-state index contributed by atoms with van der Waals surface area (Å²) >= 11 is 1.40. The highest BCUT2D eigenvalue weighted by Gasteiger charge is 2.30. The maximum absolute atomic E-state index is 12.5. The molecule has 0 aliphatic carbocycles. The maximum atomic E-state index is 12.5. The molecular formula is C16H27N5O8S. The highest BCUT2D eigenvalue weighted by molar-refractivity contribution is 7.98. The second kappa shape index (κ2) is 14.2. The summed E-state index contributed by atoms with van der Waals surface area (Å²) in [7, 11) is 0. The third kappa shape index (κ3) is 11.2. The molecule has 14 heteroatoms. The lowest BCUT2D eigenvalue weighted by atomic mass is 10.1. The van der Waals surface area contributed by atoms with Gasteiger partial charge in [0.15, 0.2) is 0 Å². The van der Waals surface area contributed by atoms with Crippen LogP contribution in [0.1, 0.15) is 25.7 Å². The van der Waals surface area contributed by atoms with Gasteiger partial charge in [-0.2, -0.15) is 11.8 Å². The van der Waals surface area contributed by atoms with E-state index >= 15 is 0 Å². The number of carbonyl (C=O) groups is 6. The van der Waals surface area contributed by atoms with E-state index in [0.29, 0.717) is 5.75 Å². The third-order valence-electron chi connectivity index (χ3n) is 3.75. The minimum atomic E-state index is -1.61. The number of hydrogen-bond acceptors (Lipinski definition) is 8. The summed E-state index contributed by atoms with van der Waals surface area (Å²) in [6, 6.07) is -4.19. The molecule has 0 aliphatic heterocycles. The van der Waals surface area contributed by atoms with Gasteiger partial charge >= 0.3 is 11.9 Å². The smallest absolute Gasteiger partial charge is 0.326 e. The van der Waals surface area contributed by atoms with Crippen molar-refractivity contribution in [2.45, 2.75) is 43.8 Å². The van der Waals surface area contributed by atoms with Crippen molar-refractivity contribution in [3.8, 4) is 0 Å². The first-order chi connectivity index (χ1) is 14.0. The molecule has 0 radical (unpaired) electrons. The highest BCUT2D eigenvalue weighted by atomic mass is 32.2. The Morgan fingerprint density at radius 3 is 1.93 bits per heavy atom. The molecule has 13 nitrogen and oxygen atoms in total. The number of carboxylic acid groups (broad SMARTS) is 2. The van der Waals surface area contributed by atoms with Crippen LogP contribution >= 0.6 is 11.8 Å². The molecule has 0 aromatic heterocycles. The van der Waals surface area contributed by atoms with Crippen LogP contribution in [0.25, 0.3) is 0 Å². The number of nitrogens with two attached hydrogens (primary N) is 2. The molecule has 0 fully saturated rings. The first-order valence-electron chi connectivity index (χ1n) is 8.83. The van der Waals surface area contributed by atoms with Crippen LogP contribution in [0.5, 0.6) is 0 Å². The Hall–Kier alpha value is -2.87. The van der Waals surface area contributed by atoms with Crippen molar-refractivity contribution in [2.24, 2.45) is 11.5 Å². The van der Waals surface area contributed by atoms with E-state index in [4.69, 9.17) is 21.7 Å². The molecular weight excluding hydrogens is 422 g/mol. The van der Waals surface area contributed by atoms with Crippen molar-refractivity contribution in [2.75, 3.05) is 18.6 Å². The molecule has 0 saturated carbocycles. The van der Waals surface area contributed by atoms with Crippen LogP contribution in [0.2, 0.25) is 0 Å². The monoisotopic (exact) mass is 449 g/mol. The summed E-state index contributed by atoms with van der Waals surface area (Å²) in [6.45, 7) is -0.373. The van der Waals surface area contributed by atoms with Crippen molar-refractivity contribution in [3.05, 3.63) is 0 Å². The van der Waals surface area contributed by atoms with Gasteiger partial charge in [0, 0.05) is 6.42 Å². The Bertz CT molecular complexity index is 660. The van der Waals surface area contributed by atoms with Crippen LogP contribution in [0.15, 0.2) is 0 Å². The molecule has 0 aromatic rings. The van der Waals surface area contributed by atoms with Crippen molar-refractivity contribution in [3.63, 3.8) is 0 Å². The number of aliphatic carboxylic acids is 2. The first-order valence-corrected chi connectivity index (χ1v) is 10.2. The number of thioether (sulfide) groups is 1.